The molecule has 1 aliphatic heterocycles. The molecular formula is C18H22FN3O3. The molecule has 2 heterocycles. The molecule has 134 valence electrons. The summed E-state index contributed by atoms with van der Waals surface area (Å²) in [5, 5.41) is 3.90. The molecule has 0 bridgehead atoms. The van der Waals surface area contributed by atoms with Crippen molar-refractivity contribution in [3.8, 4) is 0 Å². The van der Waals surface area contributed by atoms with Crippen LogP contribution in [0.4, 0.5) is 4.39 Å². The van der Waals surface area contributed by atoms with Gasteiger partial charge in [0.05, 0.1) is 13.2 Å². The highest BCUT2D eigenvalue weighted by Crippen LogP contribution is 2.23. The van der Waals surface area contributed by atoms with Crippen LogP contribution in [0.3, 0.4) is 0 Å². The van der Waals surface area contributed by atoms with E-state index in [0.29, 0.717) is 44.3 Å². The van der Waals surface area contributed by atoms with E-state index in [1.54, 1.807) is 17.0 Å². The number of halogens is 1. The molecule has 2 aromatic rings. The van der Waals surface area contributed by atoms with E-state index >= 15 is 0 Å². The number of ether oxygens (including phenoxy) is 1. The molecule has 1 unspecified atom stereocenters. The number of carbonyl (C=O) groups is 1. The molecule has 0 saturated carbocycles. The van der Waals surface area contributed by atoms with Gasteiger partial charge in [-0.1, -0.05) is 31.1 Å². The first-order valence-electron chi connectivity index (χ1n) is 8.50. The molecule has 1 amide bonds. The fourth-order valence-electron chi connectivity index (χ4n) is 2.73. The molecule has 1 aliphatic rings. The number of hydrogen-bond acceptors (Lipinski definition) is 5. The fourth-order valence-corrected chi connectivity index (χ4v) is 2.73. The van der Waals surface area contributed by atoms with E-state index in [-0.39, 0.29) is 23.7 Å². The standard InChI is InChI=1S/C18H22FN3O3/c1-12(2)18-20-16(25-21-18)7-8-17(23)22-9-10-24-15(11-22)13-3-5-14(19)6-4-13/h3-6,12,15H,7-11H2,1-2H3. The van der Waals surface area contributed by atoms with Crippen molar-refractivity contribution in [2.75, 3.05) is 19.7 Å². The summed E-state index contributed by atoms with van der Waals surface area (Å²) in [6.07, 6.45) is 0.515. The van der Waals surface area contributed by atoms with Crippen LogP contribution in [0.25, 0.3) is 0 Å². The average Bonchev–Trinajstić information content (AvgIpc) is 3.10. The van der Waals surface area contributed by atoms with Crippen LogP contribution in [0.15, 0.2) is 28.8 Å². The smallest absolute Gasteiger partial charge is 0.227 e. The molecule has 3 rings (SSSR count). The van der Waals surface area contributed by atoms with Crippen LogP contribution in [0.2, 0.25) is 0 Å². The van der Waals surface area contributed by atoms with E-state index in [0.717, 1.165) is 5.56 Å². The Balaban J connectivity index is 1.55. The highest BCUT2D eigenvalue weighted by atomic mass is 19.1. The lowest BCUT2D eigenvalue weighted by molar-refractivity contribution is -0.139. The summed E-state index contributed by atoms with van der Waals surface area (Å²) >= 11 is 0. The van der Waals surface area contributed by atoms with Crippen molar-refractivity contribution in [2.45, 2.75) is 38.7 Å². The summed E-state index contributed by atoms with van der Waals surface area (Å²) < 4.78 is 23.9. The van der Waals surface area contributed by atoms with Crippen molar-refractivity contribution in [3.63, 3.8) is 0 Å². The minimum absolute atomic E-state index is 0.0275. The number of amides is 1. The number of carbonyl (C=O) groups excluding carboxylic acids is 1. The summed E-state index contributed by atoms with van der Waals surface area (Å²) in [6, 6.07) is 6.20. The number of aromatic nitrogens is 2. The highest BCUT2D eigenvalue weighted by Gasteiger charge is 2.25. The van der Waals surface area contributed by atoms with Gasteiger partial charge in [-0.3, -0.25) is 4.79 Å². The lowest BCUT2D eigenvalue weighted by Crippen LogP contribution is -2.42. The van der Waals surface area contributed by atoms with Gasteiger partial charge in [0.15, 0.2) is 5.82 Å². The molecule has 0 radical (unpaired) electrons. The van der Waals surface area contributed by atoms with E-state index in [1.807, 2.05) is 13.8 Å². The van der Waals surface area contributed by atoms with Crippen molar-refractivity contribution >= 4 is 5.91 Å². The number of aryl methyl sites for hydroxylation is 1. The summed E-state index contributed by atoms with van der Waals surface area (Å²) in [5.41, 5.74) is 0.873. The topological polar surface area (TPSA) is 68.5 Å². The summed E-state index contributed by atoms with van der Waals surface area (Å²) in [7, 11) is 0. The lowest BCUT2D eigenvalue weighted by Gasteiger charge is -2.33. The van der Waals surface area contributed by atoms with Gasteiger partial charge in [0, 0.05) is 25.3 Å². The third kappa shape index (κ3) is 4.42. The van der Waals surface area contributed by atoms with Gasteiger partial charge < -0.3 is 14.2 Å². The number of nitrogens with zero attached hydrogens (tertiary/aromatic N) is 3. The molecule has 0 aliphatic carbocycles. The monoisotopic (exact) mass is 347 g/mol. The Hall–Kier alpha value is -2.28. The van der Waals surface area contributed by atoms with Crippen LogP contribution in [0, 0.1) is 5.82 Å². The number of hydrogen-bond donors (Lipinski definition) is 0. The van der Waals surface area contributed by atoms with Crippen LogP contribution >= 0.6 is 0 Å². The van der Waals surface area contributed by atoms with Crippen LogP contribution in [-0.4, -0.2) is 40.6 Å². The van der Waals surface area contributed by atoms with Crippen molar-refractivity contribution in [1.29, 1.82) is 0 Å². The van der Waals surface area contributed by atoms with E-state index in [2.05, 4.69) is 10.1 Å². The van der Waals surface area contributed by atoms with Crippen molar-refractivity contribution in [3.05, 3.63) is 47.4 Å². The second-order valence-electron chi connectivity index (χ2n) is 6.45. The second kappa shape index (κ2) is 7.74. The van der Waals surface area contributed by atoms with Crippen molar-refractivity contribution < 1.29 is 18.4 Å². The predicted molar refractivity (Wildman–Crippen MR) is 88.4 cm³/mol. The molecule has 7 heteroatoms. The fraction of sp³-hybridized carbons (Fsp3) is 0.500. The number of rotatable bonds is 5. The zero-order valence-electron chi connectivity index (χ0n) is 14.4. The largest absolute Gasteiger partial charge is 0.370 e. The van der Waals surface area contributed by atoms with E-state index in [1.165, 1.54) is 12.1 Å². The van der Waals surface area contributed by atoms with Gasteiger partial charge in [0.1, 0.15) is 11.9 Å². The first kappa shape index (κ1) is 17.5. The number of morpholine rings is 1. The van der Waals surface area contributed by atoms with Gasteiger partial charge in [-0.2, -0.15) is 4.98 Å². The molecule has 0 spiro atoms. The van der Waals surface area contributed by atoms with Crippen LogP contribution in [0.5, 0.6) is 0 Å². The van der Waals surface area contributed by atoms with E-state index < -0.39 is 0 Å². The molecule has 1 aromatic carbocycles. The Morgan fingerprint density at radius 1 is 1.36 bits per heavy atom. The summed E-state index contributed by atoms with van der Waals surface area (Å²) in [6.45, 7) is 5.46. The van der Waals surface area contributed by atoms with Crippen LogP contribution < -0.4 is 0 Å². The Kier molecular flexibility index (Phi) is 5.43. The minimum Gasteiger partial charge on any atom is -0.370 e. The maximum absolute atomic E-state index is 13.0. The molecule has 1 saturated heterocycles. The highest BCUT2D eigenvalue weighted by molar-refractivity contribution is 5.76. The van der Waals surface area contributed by atoms with Crippen LogP contribution in [0.1, 0.15) is 49.6 Å². The maximum Gasteiger partial charge on any atom is 0.227 e. The van der Waals surface area contributed by atoms with Gasteiger partial charge in [-0.05, 0) is 17.7 Å². The molecule has 0 N–H and O–H groups in total. The SMILES string of the molecule is CC(C)c1noc(CCC(=O)N2CCOC(c3ccc(F)cc3)C2)n1. The average molecular weight is 347 g/mol. The Bertz CT molecular complexity index is 715. The van der Waals surface area contributed by atoms with Gasteiger partial charge in [-0.15, -0.1) is 0 Å². The third-order valence-corrected chi connectivity index (χ3v) is 4.21. The zero-order valence-corrected chi connectivity index (χ0v) is 14.4. The minimum atomic E-state index is -0.284. The molecule has 25 heavy (non-hydrogen) atoms. The summed E-state index contributed by atoms with van der Waals surface area (Å²) in [4.78, 5) is 18.5. The molecule has 6 nitrogen and oxygen atoms in total. The van der Waals surface area contributed by atoms with Crippen molar-refractivity contribution in [1.82, 2.24) is 15.0 Å². The Labute approximate surface area is 146 Å². The molecule has 1 aromatic heterocycles. The van der Waals surface area contributed by atoms with Gasteiger partial charge in [0.25, 0.3) is 0 Å². The van der Waals surface area contributed by atoms with Gasteiger partial charge in [0.2, 0.25) is 11.8 Å². The van der Waals surface area contributed by atoms with Crippen molar-refractivity contribution in [2.24, 2.45) is 0 Å². The molecule has 1 fully saturated rings. The normalized spacial score (nSPS) is 17.9. The predicted octanol–water partition coefficient (Wildman–Crippen LogP) is 2.86. The lowest BCUT2D eigenvalue weighted by atomic mass is 10.1. The van der Waals surface area contributed by atoms with Gasteiger partial charge in [-0.25, -0.2) is 4.39 Å². The maximum atomic E-state index is 13.0. The Morgan fingerprint density at radius 2 is 2.12 bits per heavy atom. The quantitative estimate of drug-likeness (QED) is 0.832. The third-order valence-electron chi connectivity index (χ3n) is 4.21. The van der Waals surface area contributed by atoms with Crippen LogP contribution in [-0.2, 0) is 16.0 Å². The zero-order chi connectivity index (χ0) is 17.8. The van der Waals surface area contributed by atoms with Gasteiger partial charge >= 0.3 is 0 Å². The van der Waals surface area contributed by atoms with E-state index in [4.69, 9.17) is 9.26 Å². The summed E-state index contributed by atoms with van der Waals surface area (Å²) in [5.74, 6) is 1.09. The number of benzene rings is 1. The first-order valence-corrected chi connectivity index (χ1v) is 8.50. The molecular weight excluding hydrogens is 325 g/mol. The first-order chi connectivity index (χ1) is 12.0. The molecule has 1 atom stereocenters. The van der Waals surface area contributed by atoms with E-state index in [9.17, 15) is 9.18 Å². The second-order valence-corrected chi connectivity index (χ2v) is 6.45. The Morgan fingerprint density at radius 3 is 2.80 bits per heavy atom.